The first-order valence-corrected chi connectivity index (χ1v) is 3.96. The molecule has 0 aliphatic heterocycles. The summed E-state index contributed by atoms with van der Waals surface area (Å²) < 4.78 is 0. The Kier molecular flexibility index (Phi) is 4.17. The Balaban J connectivity index is 3.84. The maximum atomic E-state index is 3.65. The van der Waals surface area contributed by atoms with Crippen molar-refractivity contribution < 1.29 is 0 Å². The van der Waals surface area contributed by atoms with Crippen LogP contribution in [0.5, 0.6) is 0 Å². The second-order valence-corrected chi connectivity index (χ2v) is 3.38. The number of hydrogen-bond acceptors (Lipinski definition) is 1. The molecular formula is C9H19N. The molecule has 0 aromatic rings. The van der Waals surface area contributed by atoms with Gasteiger partial charge in [-0.1, -0.05) is 34.3 Å². The third kappa shape index (κ3) is 2.90. The van der Waals surface area contributed by atoms with E-state index < -0.39 is 0 Å². The van der Waals surface area contributed by atoms with Crippen LogP contribution in [0.2, 0.25) is 0 Å². The van der Waals surface area contributed by atoms with Crippen molar-refractivity contribution in [2.24, 2.45) is 11.8 Å². The molecule has 0 atom stereocenters. The number of rotatable bonds is 4. The van der Waals surface area contributed by atoms with E-state index in [4.69, 9.17) is 0 Å². The van der Waals surface area contributed by atoms with E-state index in [0.29, 0.717) is 17.9 Å². The Labute approximate surface area is 64.5 Å². The van der Waals surface area contributed by atoms with Gasteiger partial charge < -0.3 is 5.32 Å². The second kappa shape index (κ2) is 4.37. The molecule has 0 aromatic carbocycles. The molecule has 0 aromatic heterocycles. The monoisotopic (exact) mass is 141 g/mol. The summed E-state index contributed by atoms with van der Waals surface area (Å²) in [6.07, 6.45) is 1.78. The minimum Gasteiger partial charge on any atom is -0.388 e. The minimum atomic E-state index is 0.567. The van der Waals surface area contributed by atoms with Crippen molar-refractivity contribution in [3.8, 4) is 0 Å². The van der Waals surface area contributed by atoms with Crippen molar-refractivity contribution in [3.05, 3.63) is 12.8 Å². The molecule has 0 saturated heterocycles. The van der Waals surface area contributed by atoms with Crippen LogP contribution in [0.1, 0.15) is 27.7 Å². The van der Waals surface area contributed by atoms with Crippen LogP contribution in [0.4, 0.5) is 0 Å². The average Bonchev–Trinajstić information content (AvgIpc) is 1.81. The first kappa shape index (κ1) is 9.54. The zero-order valence-corrected chi connectivity index (χ0v) is 7.52. The third-order valence-corrected chi connectivity index (χ3v) is 1.75. The van der Waals surface area contributed by atoms with Crippen LogP contribution < -0.4 is 5.32 Å². The van der Waals surface area contributed by atoms with E-state index in [1.807, 2.05) is 0 Å². The first-order valence-electron chi connectivity index (χ1n) is 3.96. The smallest absolute Gasteiger partial charge is 0.0301 e. The first-order chi connectivity index (χ1) is 4.59. The third-order valence-electron chi connectivity index (χ3n) is 1.75. The minimum absolute atomic E-state index is 0.567. The molecule has 0 radical (unpaired) electrons. The molecule has 0 amide bonds. The fourth-order valence-electron chi connectivity index (χ4n) is 1.29. The van der Waals surface area contributed by atoms with Crippen LogP contribution in [0.3, 0.4) is 0 Å². The van der Waals surface area contributed by atoms with Gasteiger partial charge >= 0.3 is 0 Å². The van der Waals surface area contributed by atoms with Gasteiger partial charge in [0.05, 0.1) is 0 Å². The van der Waals surface area contributed by atoms with E-state index in [1.165, 1.54) is 0 Å². The Morgan fingerprint density at radius 2 is 1.50 bits per heavy atom. The predicted molar refractivity (Wildman–Crippen MR) is 46.8 cm³/mol. The van der Waals surface area contributed by atoms with E-state index in [2.05, 4.69) is 39.6 Å². The number of hydrogen-bond donors (Lipinski definition) is 1. The topological polar surface area (TPSA) is 12.0 Å². The van der Waals surface area contributed by atoms with Gasteiger partial charge in [-0.3, -0.25) is 0 Å². The molecule has 10 heavy (non-hydrogen) atoms. The molecule has 0 saturated carbocycles. The van der Waals surface area contributed by atoms with E-state index in [9.17, 15) is 0 Å². The van der Waals surface area contributed by atoms with Crippen LogP contribution in [0.15, 0.2) is 12.8 Å². The summed E-state index contributed by atoms with van der Waals surface area (Å²) in [4.78, 5) is 0. The fourth-order valence-corrected chi connectivity index (χ4v) is 1.29. The van der Waals surface area contributed by atoms with E-state index in [0.717, 1.165) is 0 Å². The van der Waals surface area contributed by atoms with Crippen molar-refractivity contribution >= 4 is 0 Å². The highest BCUT2D eigenvalue weighted by atomic mass is 14.9. The highest BCUT2D eigenvalue weighted by molar-refractivity contribution is 4.78. The summed E-state index contributed by atoms with van der Waals surface area (Å²) in [5.74, 6) is 1.36. The molecule has 0 aliphatic carbocycles. The SMILES string of the molecule is C=CNC(C(C)C)C(C)C. The summed E-state index contributed by atoms with van der Waals surface area (Å²) >= 11 is 0. The van der Waals surface area contributed by atoms with Crippen molar-refractivity contribution in [2.45, 2.75) is 33.7 Å². The maximum absolute atomic E-state index is 3.65. The zero-order chi connectivity index (χ0) is 8.15. The number of nitrogens with one attached hydrogen (secondary N) is 1. The van der Waals surface area contributed by atoms with Gasteiger partial charge in [0.2, 0.25) is 0 Å². The molecule has 60 valence electrons. The lowest BCUT2D eigenvalue weighted by molar-refractivity contribution is 0.345. The highest BCUT2D eigenvalue weighted by Crippen LogP contribution is 2.11. The molecular weight excluding hydrogens is 122 g/mol. The Hall–Kier alpha value is -0.460. The Morgan fingerprint density at radius 3 is 1.60 bits per heavy atom. The molecule has 1 heteroatoms. The Morgan fingerprint density at radius 1 is 1.10 bits per heavy atom. The predicted octanol–water partition coefficient (Wildman–Crippen LogP) is 2.40. The van der Waals surface area contributed by atoms with E-state index >= 15 is 0 Å². The molecule has 1 N–H and O–H groups in total. The van der Waals surface area contributed by atoms with Gasteiger partial charge in [0, 0.05) is 6.04 Å². The normalized spacial score (nSPS) is 11.1. The van der Waals surface area contributed by atoms with Gasteiger partial charge in [0.15, 0.2) is 0 Å². The fraction of sp³-hybridized carbons (Fsp3) is 0.778. The van der Waals surface area contributed by atoms with E-state index in [-0.39, 0.29) is 0 Å². The summed E-state index contributed by atoms with van der Waals surface area (Å²) in [7, 11) is 0. The molecule has 0 heterocycles. The van der Waals surface area contributed by atoms with Crippen molar-refractivity contribution in [1.82, 2.24) is 5.32 Å². The maximum Gasteiger partial charge on any atom is 0.0301 e. The summed E-state index contributed by atoms with van der Waals surface area (Å²) in [6, 6.07) is 0.567. The standard InChI is InChI=1S/C9H19N/c1-6-10-9(7(2)3)8(4)5/h6-10H,1H2,2-5H3. The van der Waals surface area contributed by atoms with Gasteiger partial charge in [-0.25, -0.2) is 0 Å². The van der Waals surface area contributed by atoms with Gasteiger partial charge in [0.25, 0.3) is 0 Å². The quantitative estimate of drug-likeness (QED) is 0.634. The van der Waals surface area contributed by atoms with Gasteiger partial charge in [0.1, 0.15) is 0 Å². The lowest BCUT2D eigenvalue weighted by atomic mass is 9.93. The Bertz CT molecular complexity index is 86.9. The molecule has 0 bridgehead atoms. The molecule has 0 fully saturated rings. The van der Waals surface area contributed by atoms with Gasteiger partial charge in [-0.05, 0) is 18.0 Å². The largest absolute Gasteiger partial charge is 0.388 e. The lowest BCUT2D eigenvalue weighted by Gasteiger charge is -2.24. The van der Waals surface area contributed by atoms with Crippen LogP contribution in [-0.4, -0.2) is 6.04 Å². The van der Waals surface area contributed by atoms with Crippen LogP contribution in [0, 0.1) is 11.8 Å². The highest BCUT2D eigenvalue weighted by Gasteiger charge is 2.14. The lowest BCUT2D eigenvalue weighted by Crippen LogP contribution is -2.34. The van der Waals surface area contributed by atoms with Gasteiger partial charge in [-0.2, -0.15) is 0 Å². The zero-order valence-electron chi connectivity index (χ0n) is 7.52. The summed E-state index contributed by atoms with van der Waals surface area (Å²) in [5.41, 5.74) is 0. The second-order valence-electron chi connectivity index (χ2n) is 3.38. The van der Waals surface area contributed by atoms with Crippen LogP contribution >= 0.6 is 0 Å². The average molecular weight is 141 g/mol. The molecule has 0 rings (SSSR count). The van der Waals surface area contributed by atoms with Crippen LogP contribution in [0.25, 0.3) is 0 Å². The van der Waals surface area contributed by atoms with Crippen molar-refractivity contribution in [1.29, 1.82) is 0 Å². The molecule has 0 aliphatic rings. The van der Waals surface area contributed by atoms with Crippen molar-refractivity contribution in [2.75, 3.05) is 0 Å². The molecule has 0 unspecified atom stereocenters. The van der Waals surface area contributed by atoms with Crippen LogP contribution in [-0.2, 0) is 0 Å². The summed E-state index contributed by atoms with van der Waals surface area (Å²) in [6.45, 7) is 12.5. The molecule has 1 nitrogen and oxygen atoms in total. The van der Waals surface area contributed by atoms with Crippen molar-refractivity contribution in [3.63, 3.8) is 0 Å². The molecule has 0 spiro atoms. The van der Waals surface area contributed by atoms with E-state index in [1.54, 1.807) is 6.20 Å². The van der Waals surface area contributed by atoms with Gasteiger partial charge in [-0.15, -0.1) is 0 Å². The summed E-state index contributed by atoms with van der Waals surface area (Å²) in [5, 5.41) is 3.25.